The number of hydrogen-bond acceptors (Lipinski definition) is 3. The summed E-state index contributed by atoms with van der Waals surface area (Å²) in [6.45, 7) is 0.833. The normalized spacial score (nSPS) is 41.2. The van der Waals surface area contributed by atoms with Crippen LogP contribution in [0.2, 0.25) is 5.02 Å². The molecule has 0 radical (unpaired) electrons. The van der Waals surface area contributed by atoms with Crippen LogP contribution in [0.5, 0.6) is 5.75 Å². The van der Waals surface area contributed by atoms with Crippen LogP contribution in [0.15, 0.2) is 18.2 Å². The highest BCUT2D eigenvalue weighted by Crippen LogP contribution is 2.57. The molecule has 1 aromatic carbocycles. The van der Waals surface area contributed by atoms with E-state index in [1.807, 2.05) is 6.07 Å². The maximum absolute atomic E-state index is 13.2. The van der Waals surface area contributed by atoms with Crippen LogP contribution >= 0.6 is 11.6 Å². The highest BCUT2D eigenvalue weighted by atomic mass is 35.5. The number of phenols is 1. The third kappa shape index (κ3) is 2.65. The molecule has 1 aromatic rings. The van der Waals surface area contributed by atoms with Crippen molar-refractivity contribution in [3.63, 3.8) is 0 Å². The van der Waals surface area contributed by atoms with Crippen molar-refractivity contribution in [1.82, 2.24) is 4.90 Å². The van der Waals surface area contributed by atoms with Gasteiger partial charge in [0.05, 0.1) is 5.60 Å². The Morgan fingerprint density at radius 1 is 1.19 bits per heavy atom. The molecule has 26 heavy (non-hydrogen) atoms. The second-order valence-corrected chi connectivity index (χ2v) is 9.59. The summed E-state index contributed by atoms with van der Waals surface area (Å²) in [5.74, 6) is 2.02. The van der Waals surface area contributed by atoms with Gasteiger partial charge in [0, 0.05) is 23.5 Å². The topological polar surface area (TPSA) is 60.8 Å². The van der Waals surface area contributed by atoms with Crippen LogP contribution in [0.3, 0.4) is 0 Å². The minimum absolute atomic E-state index is 0.0164. The molecule has 1 saturated heterocycles. The van der Waals surface area contributed by atoms with Crippen LogP contribution in [-0.4, -0.2) is 39.2 Å². The van der Waals surface area contributed by atoms with Crippen LogP contribution in [0.4, 0.5) is 0 Å². The van der Waals surface area contributed by atoms with E-state index in [1.165, 1.54) is 12.8 Å². The molecular formula is C21H26ClNO3. The molecule has 4 saturated carbocycles. The largest absolute Gasteiger partial charge is 0.508 e. The van der Waals surface area contributed by atoms with Gasteiger partial charge < -0.3 is 15.1 Å². The number of rotatable bonds is 3. The Labute approximate surface area is 159 Å². The van der Waals surface area contributed by atoms with Crippen molar-refractivity contribution in [3.05, 3.63) is 28.8 Å². The Balaban J connectivity index is 1.32. The number of amides is 1. The van der Waals surface area contributed by atoms with Crippen molar-refractivity contribution in [2.45, 2.75) is 56.6 Å². The smallest absolute Gasteiger partial charge is 0.226 e. The Bertz CT molecular complexity index is 735. The third-order valence-electron chi connectivity index (χ3n) is 7.40. The van der Waals surface area contributed by atoms with Gasteiger partial charge in [-0.3, -0.25) is 4.79 Å². The fraction of sp³-hybridized carbons (Fsp3) is 0.667. The van der Waals surface area contributed by atoms with Gasteiger partial charge in [0.15, 0.2) is 0 Å². The summed E-state index contributed by atoms with van der Waals surface area (Å²) in [5.41, 5.74) is 0.485. The number of carbonyl (C=O) groups excluding carboxylic acids is 1. The summed E-state index contributed by atoms with van der Waals surface area (Å²) >= 11 is 6.24. The van der Waals surface area contributed by atoms with Gasteiger partial charge in [-0.05, 0) is 80.4 Å². The molecular weight excluding hydrogens is 350 g/mol. The van der Waals surface area contributed by atoms with E-state index < -0.39 is 5.60 Å². The summed E-state index contributed by atoms with van der Waals surface area (Å²) in [7, 11) is 0. The van der Waals surface area contributed by atoms with Gasteiger partial charge in [0.2, 0.25) is 5.91 Å². The van der Waals surface area contributed by atoms with Crippen molar-refractivity contribution in [2.24, 2.45) is 23.7 Å². The predicted molar refractivity (Wildman–Crippen MR) is 98.9 cm³/mol. The molecule has 4 aliphatic carbocycles. The van der Waals surface area contributed by atoms with Crippen LogP contribution < -0.4 is 0 Å². The second kappa shape index (κ2) is 5.87. The first-order chi connectivity index (χ1) is 12.4. The standard InChI is InChI=1S/C21H26ClNO3/c22-18-8-17(24)2-1-13(18)7-14-3-4-23(20(14)25)19-15-5-12-6-16(19)11-21(26,9-12)10-15/h1-2,8,12,14-16,19,24,26H,3-7,9-11H2. The lowest BCUT2D eigenvalue weighted by Gasteiger charge is -2.59. The Morgan fingerprint density at radius 2 is 1.92 bits per heavy atom. The summed E-state index contributed by atoms with van der Waals surface area (Å²) in [6.07, 6.45) is 6.61. The molecule has 5 aliphatic rings. The first-order valence-electron chi connectivity index (χ1n) is 9.92. The average molecular weight is 376 g/mol. The van der Waals surface area contributed by atoms with E-state index in [2.05, 4.69) is 4.90 Å². The molecule has 1 heterocycles. The van der Waals surface area contributed by atoms with E-state index in [0.29, 0.717) is 35.2 Å². The van der Waals surface area contributed by atoms with Crippen LogP contribution in [-0.2, 0) is 11.2 Å². The lowest BCUT2D eigenvalue weighted by atomic mass is 9.52. The van der Waals surface area contributed by atoms with Gasteiger partial charge in [-0.15, -0.1) is 0 Å². The monoisotopic (exact) mass is 375 g/mol. The SMILES string of the molecule is O=C1C(Cc2ccc(O)cc2Cl)CCN1C1C2CC3CC1CC(O)(C3)C2. The molecule has 5 heteroatoms. The fourth-order valence-corrected chi connectivity index (χ4v) is 6.93. The number of hydrogen-bond donors (Lipinski definition) is 2. The van der Waals surface area contributed by atoms with Crippen molar-refractivity contribution >= 4 is 17.5 Å². The van der Waals surface area contributed by atoms with Crippen LogP contribution in [0.1, 0.15) is 44.1 Å². The van der Waals surface area contributed by atoms with Crippen molar-refractivity contribution in [2.75, 3.05) is 6.54 Å². The summed E-state index contributed by atoms with van der Waals surface area (Å²) in [5, 5.41) is 20.8. The lowest BCUT2D eigenvalue weighted by molar-refractivity contribution is -0.168. The van der Waals surface area contributed by atoms with Crippen molar-refractivity contribution in [1.29, 1.82) is 0 Å². The molecule has 0 aromatic heterocycles. The number of nitrogens with zero attached hydrogens (tertiary/aromatic N) is 1. The van der Waals surface area contributed by atoms with Gasteiger partial charge in [-0.1, -0.05) is 17.7 Å². The summed E-state index contributed by atoms with van der Waals surface area (Å²) < 4.78 is 0. The molecule has 1 amide bonds. The van der Waals surface area contributed by atoms with E-state index >= 15 is 0 Å². The number of benzene rings is 1. The summed E-state index contributed by atoms with van der Waals surface area (Å²) in [6, 6.07) is 5.34. The minimum atomic E-state index is -0.450. The number of likely N-dealkylation sites (tertiary alicyclic amines) is 1. The van der Waals surface area contributed by atoms with E-state index in [9.17, 15) is 15.0 Å². The molecule has 0 spiro atoms. The molecule has 2 N–H and O–H groups in total. The number of carbonyl (C=O) groups is 1. The van der Waals surface area contributed by atoms with Gasteiger partial charge >= 0.3 is 0 Å². The van der Waals surface area contributed by atoms with Crippen LogP contribution in [0, 0.1) is 23.7 Å². The van der Waals surface area contributed by atoms with Crippen LogP contribution in [0.25, 0.3) is 0 Å². The average Bonchev–Trinajstić information content (AvgIpc) is 2.89. The molecule has 4 bridgehead atoms. The van der Waals surface area contributed by atoms with Gasteiger partial charge in [-0.25, -0.2) is 0 Å². The highest BCUT2D eigenvalue weighted by Gasteiger charge is 2.57. The quantitative estimate of drug-likeness (QED) is 0.851. The maximum Gasteiger partial charge on any atom is 0.226 e. The first kappa shape index (κ1) is 16.9. The molecule has 3 unspecified atom stereocenters. The number of phenolic OH excluding ortho intramolecular Hbond substituents is 1. The molecule has 6 rings (SSSR count). The van der Waals surface area contributed by atoms with E-state index in [-0.39, 0.29) is 17.6 Å². The van der Waals surface area contributed by atoms with Gasteiger partial charge in [0.25, 0.3) is 0 Å². The Morgan fingerprint density at radius 3 is 2.58 bits per heavy atom. The maximum atomic E-state index is 13.2. The second-order valence-electron chi connectivity index (χ2n) is 9.18. The molecule has 4 nitrogen and oxygen atoms in total. The Hall–Kier alpha value is -1.26. The zero-order chi connectivity index (χ0) is 18.1. The van der Waals surface area contributed by atoms with E-state index in [0.717, 1.165) is 37.8 Å². The minimum Gasteiger partial charge on any atom is -0.508 e. The lowest BCUT2D eigenvalue weighted by Crippen LogP contribution is -2.62. The molecule has 3 atom stereocenters. The number of halogens is 1. The molecule has 1 aliphatic heterocycles. The fourth-order valence-electron chi connectivity index (χ4n) is 6.68. The molecule has 140 valence electrons. The zero-order valence-corrected chi connectivity index (χ0v) is 15.7. The van der Waals surface area contributed by atoms with Crippen molar-refractivity contribution in [3.8, 4) is 5.75 Å². The van der Waals surface area contributed by atoms with Gasteiger partial charge in [-0.2, -0.15) is 0 Å². The van der Waals surface area contributed by atoms with Gasteiger partial charge in [0.1, 0.15) is 5.75 Å². The highest BCUT2D eigenvalue weighted by molar-refractivity contribution is 6.31. The first-order valence-corrected chi connectivity index (χ1v) is 10.3. The number of aliphatic hydroxyl groups is 1. The third-order valence-corrected chi connectivity index (χ3v) is 7.76. The predicted octanol–water partition coefficient (Wildman–Crippen LogP) is 3.38. The molecule has 5 fully saturated rings. The van der Waals surface area contributed by atoms with E-state index in [4.69, 9.17) is 11.6 Å². The van der Waals surface area contributed by atoms with Crippen molar-refractivity contribution < 1.29 is 15.0 Å². The summed E-state index contributed by atoms with van der Waals surface area (Å²) in [4.78, 5) is 15.3. The zero-order valence-electron chi connectivity index (χ0n) is 14.9. The number of aromatic hydroxyl groups is 1. The Kier molecular flexibility index (Phi) is 3.81. The van der Waals surface area contributed by atoms with E-state index in [1.54, 1.807) is 12.1 Å².